The molecule has 22 heavy (non-hydrogen) atoms. The number of benzene rings is 1. The molecule has 1 N–H and O–H groups in total. The van der Waals surface area contributed by atoms with Crippen molar-refractivity contribution in [1.82, 2.24) is 0 Å². The zero-order chi connectivity index (χ0) is 17.3. The summed E-state index contributed by atoms with van der Waals surface area (Å²) >= 11 is 0. The summed E-state index contributed by atoms with van der Waals surface area (Å²) in [5, 5.41) is 17.6. The molecule has 0 saturated heterocycles. The molecule has 120 valence electrons. The van der Waals surface area contributed by atoms with E-state index in [1.54, 1.807) is 0 Å². The van der Waals surface area contributed by atoms with Gasteiger partial charge in [0.25, 0.3) is 0 Å². The second-order valence-electron chi connectivity index (χ2n) is 3.76. The van der Waals surface area contributed by atoms with Gasteiger partial charge in [0, 0.05) is 11.6 Å². The number of halogens is 6. The van der Waals surface area contributed by atoms with E-state index in [2.05, 4.69) is 9.47 Å². The Morgan fingerprint density at radius 2 is 1.68 bits per heavy atom. The van der Waals surface area contributed by atoms with Gasteiger partial charge in [-0.25, -0.2) is 4.79 Å². The van der Waals surface area contributed by atoms with Gasteiger partial charge in [0.15, 0.2) is 0 Å². The summed E-state index contributed by atoms with van der Waals surface area (Å²) < 4.78 is 80.3. The first-order valence-electron chi connectivity index (χ1n) is 5.18. The number of rotatable bonds is 3. The summed E-state index contributed by atoms with van der Waals surface area (Å²) in [6.07, 6.45) is -10.6. The molecule has 0 heterocycles. The molecule has 0 aromatic heterocycles. The van der Waals surface area contributed by atoms with Crippen molar-refractivity contribution in [1.29, 1.82) is 5.26 Å². The fourth-order valence-electron chi connectivity index (χ4n) is 1.52. The van der Waals surface area contributed by atoms with Crippen LogP contribution in [0.25, 0.3) is 0 Å². The average Bonchev–Trinajstić information content (AvgIpc) is 2.29. The maximum atomic E-state index is 12.3. The van der Waals surface area contributed by atoms with Crippen molar-refractivity contribution in [3.8, 4) is 17.6 Å². The molecule has 0 amide bonds. The van der Waals surface area contributed by atoms with Gasteiger partial charge in [-0.2, -0.15) is 5.26 Å². The molecule has 0 saturated carbocycles. The van der Waals surface area contributed by atoms with Crippen LogP contribution in [0.3, 0.4) is 0 Å². The molecule has 5 nitrogen and oxygen atoms in total. The van der Waals surface area contributed by atoms with Gasteiger partial charge < -0.3 is 14.6 Å². The number of hydrogen-bond donors (Lipinski definition) is 1. The number of aromatic carboxylic acids is 1. The summed E-state index contributed by atoms with van der Waals surface area (Å²) in [5.41, 5.74) is -2.91. The second kappa shape index (κ2) is 5.63. The highest BCUT2D eigenvalue weighted by Crippen LogP contribution is 2.38. The highest BCUT2D eigenvalue weighted by Gasteiger charge is 2.37. The molecule has 0 spiro atoms. The van der Waals surface area contributed by atoms with Crippen LogP contribution in [0.5, 0.6) is 11.5 Å². The van der Waals surface area contributed by atoms with E-state index in [1.165, 1.54) is 6.07 Å². The Kier molecular flexibility index (Phi) is 4.45. The number of ether oxygens (including phenoxy) is 2. The quantitative estimate of drug-likeness (QED) is 0.860. The predicted molar refractivity (Wildman–Crippen MR) is 56.2 cm³/mol. The van der Waals surface area contributed by atoms with Gasteiger partial charge in [0.05, 0.1) is 0 Å². The number of hydrogen-bond acceptors (Lipinski definition) is 4. The number of alkyl halides is 6. The van der Waals surface area contributed by atoms with E-state index >= 15 is 0 Å². The van der Waals surface area contributed by atoms with Crippen LogP contribution in [-0.2, 0) is 0 Å². The normalized spacial score (nSPS) is 11.7. The summed E-state index contributed by atoms with van der Waals surface area (Å²) in [6, 6.07) is 1.35. The van der Waals surface area contributed by atoms with E-state index in [0.717, 1.165) is 6.92 Å². The summed E-state index contributed by atoms with van der Waals surface area (Å²) in [4.78, 5) is 10.9. The predicted octanol–water partition coefficient (Wildman–Crippen LogP) is 3.36. The van der Waals surface area contributed by atoms with E-state index in [4.69, 9.17) is 10.4 Å². The van der Waals surface area contributed by atoms with Crippen LogP contribution in [0.15, 0.2) is 6.07 Å². The minimum Gasteiger partial charge on any atom is -0.478 e. The smallest absolute Gasteiger partial charge is 0.478 e. The summed E-state index contributed by atoms with van der Waals surface area (Å²) in [6.45, 7) is 0.801. The number of carboxylic acid groups (broad SMARTS) is 1. The lowest BCUT2D eigenvalue weighted by molar-refractivity contribution is -0.277. The van der Waals surface area contributed by atoms with E-state index in [0.29, 0.717) is 0 Å². The number of carbonyl (C=O) groups is 1. The van der Waals surface area contributed by atoms with Gasteiger partial charge in [-0.1, -0.05) is 0 Å². The third kappa shape index (κ3) is 4.18. The first-order valence-corrected chi connectivity index (χ1v) is 5.18. The highest BCUT2D eigenvalue weighted by molar-refractivity contribution is 5.92. The maximum absolute atomic E-state index is 12.3. The molecular formula is C11H5F6NO4. The Hall–Kier alpha value is -2.64. The van der Waals surface area contributed by atoms with Crippen molar-refractivity contribution < 1.29 is 45.7 Å². The number of nitrogens with zero attached hydrogens (tertiary/aromatic N) is 1. The first-order chi connectivity index (χ1) is 9.85. The maximum Gasteiger partial charge on any atom is 0.573 e. The van der Waals surface area contributed by atoms with Crippen LogP contribution in [0.2, 0.25) is 0 Å². The minimum absolute atomic E-state index is 0.141. The van der Waals surface area contributed by atoms with Crippen molar-refractivity contribution in [2.75, 3.05) is 0 Å². The van der Waals surface area contributed by atoms with E-state index in [1.807, 2.05) is 0 Å². The summed E-state index contributed by atoms with van der Waals surface area (Å²) in [5.74, 6) is -4.51. The SMILES string of the molecule is Cc1c(C#N)c(OC(F)(F)F)cc(C(=O)O)c1OC(F)(F)F. The van der Waals surface area contributed by atoms with Crippen LogP contribution in [0.4, 0.5) is 26.3 Å². The third-order valence-electron chi connectivity index (χ3n) is 2.27. The lowest BCUT2D eigenvalue weighted by Gasteiger charge is -2.18. The Morgan fingerprint density at radius 1 is 1.18 bits per heavy atom. The van der Waals surface area contributed by atoms with Crippen molar-refractivity contribution in [2.45, 2.75) is 19.6 Å². The molecule has 0 aliphatic heterocycles. The molecule has 1 rings (SSSR count). The van der Waals surface area contributed by atoms with Gasteiger partial charge in [0.1, 0.15) is 28.7 Å². The lowest BCUT2D eigenvalue weighted by atomic mass is 10.0. The Balaban J connectivity index is 3.61. The number of nitriles is 1. The second-order valence-corrected chi connectivity index (χ2v) is 3.76. The molecule has 0 fully saturated rings. The van der Waals surface area contributed by atoms with Crippen LogP contribution < -0.4 is 9.47 Å². The van der Waals surface area contributed by atoms with Crippen molar-refractivity contribution in [3.63, 3.8) is 0 Å². The molecule has 0 atom stereocenters. The largest absolute Gasteiger partial charge is 0.573 e. The topological polar surface area (TPSA) is 79.5 Å². The van der Waals surface area contributed by atoms with E-state index in [9.17, 15) is 31.1 Å². The van der Waals surface area contributed by atoms with Crippen LogP contribution in [-0.4, -0.2) is 23.8 Å². The molecule has 0 unspecified atom stereocenters. The third-order valence-corrected chi connectivity index (χ3v) is 2.27. The van der Waals surface area contributed by atoms with E-state index < -0.39 is 46.9 Å². The zero-order valence-corrected chi connectivity index (χ0v) is 10.5. The lowest BCUT2D eigenvalue weighted by Crippen LogP contribution is -2.22. The van der Waals surface area contributed by atoms with Gasteiger partial charge >= 0.3 is 18.7 Å². The zero-order valence-electron chi connectivity index (χ0n) is 10.5. The molecule has 1 aromatic rings. The fraction of sp³-hybridized carbons (Fsp3) is 0.273. The average molecular weight is 329 g/mol. The van der Waals surface area contributed by atoms with Gasteiger partial charge in [-0.05, 0) is 6.92 Å². The molecule has 1 aromatic carbocycles. The Bertz CT molecular complexity index is 644. The van der Waals surface area contributed by atoms with Gasteiger partial charge in [-0.15, -0.1) is 26.3 Å². The number of carboxylic acids is 1. The van der Waals surface area contributed by atoms with Gasteiger partial charge in [0.2, 0.25) is 0 Å². The van der Waals surface area contributed by atoms with Crippen LogP contribution in [0, 0.1) is 18.3 Å². The molecule has 11 heteroatoms. The Morgan fingerprint density at radius 3 is 2.05 bits per heavy atom. The summed E-state index contributed by atoms with van der Waals surface area (Å²) in [7, 11) is 0. The van der Waals surface area contributed by atoms with Crippen LogP contribution in [0.1, 0.15) is 21.5 Å². The molecule has 0 aliphatic carbocycles. The minimum atomic E-state index is -5.30. The van der Waals surface area contributed by atoms with Crippen molar-refractivity contribution >= 4 is 5.97 Å². The highest BCUT2D eigenvalue weighted by atomic mass is 19.4. The van der Waals surface area contributed by atoms with E-state index in [-0.39, 0.29) is 6.07 Å². The van der Waals surface area contributed by atoms with Crippen LogP contribution >= 0.6 is 0 Å². The molecule has 0 bridgehead atoms. The fourth-order valence-corrected chi connectivity index (χ4v) is 1.52. The van der Waals surface area contributed by atoms with Gasteiger partial charge in [-0.3, -0.25) is 0 Å². The molecule has 0 aliphatic rings. The monoisotopic (exact) mass is 329 g/mol. The Labute approximate surface area is 118 Å². The molecule has 0 radical (unpaired) electrons. The van der Waals surface area contributed by atoms with Crippen molar-refractivity contribution in [3.05, 3.63) is 22.8 Å². The standard InChI is InChI=1S/C11H5F6NO4/c1-4-6(3-18)7(21-10(12,13)14)2-5(9(19)20)8(4)22-11(15,16)17/h2H,1H3,(H,19,20). The molecular weight excluding hydrogens is 324 g/mol. The van der Waals surface area contributed by atoms with Crippen molar-refractivity contribution in [2.24, 2.45) is 0 Å². The first kappa shape index (κ1) is 17.4.